The quantitative estimate of drug-likeness (QED) is 0.303. The van der Waals surface area contributed by atoms with Gasteiger partial charge in [-0.25, -0.2) is 0 Å². The molecule has 4 nitrogen and oxygen atoms in total. The number of benzene rings is 4. The molecule has 0 saturated heterocycles. The lowest BCUT2D eigenvalue weighted by Crippen LogP contribution is -2.06. The number of rotatable bonds is 2. The van der Waals surface area contributed by atoms with Crippen molar-refractivity contribution in [2.24, 2.45) is 0 Å². The number of hydrogen-bond acceptors (Lipinski definition) is 4. The summed E-state index contributed by atoms with van der Waals surface area (Å²) in [7, 11) is 7.99. The summed E-state index contributed by atoms with van der Waals surface area (Å²) in [6.45, 7) is 0. The second-order valence-corrected chi connectivity index (χ2v) is 8.34. The van der Waals surface area contributed by atoms with Gasteiger partial charge in [0.15, 0.2) is 11.8 Å². The summed E-state index contributed by atoms with van der Waals surface area (Å²) in [4.78, 5) is 3.99. The number of hydrogen-bond donors (Lipinski definition) is 0. The summed E-state index contributed by atoms with van der Waals surface area (Å²) in [5.41, 5.74) is 1.88. The van der Waals surface area contributed by atoms with E-state index in [0.29, 0.717) is 0 Å². The van der Waals surface area contributed by atoms with Crippen LogP contribution in [0.15, 0.2) is 69.5 Å². The Morgan fingerprint density at radius 2 is 0.800 bits per heavy atom. The summed E-state index contributed by atoms with van der Waals surface area (Å²) >= 11 is 0. The highest BCUT2D eigenvalue weighted by atomic mass is 16.4. The van der Waals surface area contributed by atoms with Gasteiger partial charge in [0, 0.05) is 61.9 Å². The van der Waals surface area contributed by atoms with Crippen LogP contribution < -0.4 is 9.80 Å². The molecule has 0 atom stereocenters. The Morgan fingerprint density at radius 3 is 1.20 bits per heavy atom. The third kappa shape index (κ3) is 2.28. The van der Waals surface area contributed by atoms with Crippen LogP contribution in [0.5, 0.6) is 0 Å². The van der Waals surface area contributed by atoms with Crippen molar-refractivity contribution < 1.29 is 8.83 Å². The number of furan rings is 2. The fourth-order valence-corrected chi connectivity index (χ4v) is 4.45. The van der Waals surface area contributed by atoms with Crippen molar-refractivity contribution in [2.75, 3.05) is 38.0 Å². The third-order valence-electron chi connectivity index (χ3n) is 6.01. The van der Waals surface area contributed by atoms with Crippen LogP contribution in [0.1, 0.15) is 0 Å². The van der Waals surface area contributed by atoms with Gasteiger partial charge in [0.25, 0.3) is 0 Å². The molecule has 0 spiro atoms. The molecule has 6 rings (SSSR count). The molecule has 0 unspecified atom stereocenters. The Balaban J connectivity index is 1.68. The molecule has 2 heterocycles. The average molecular weight is 394 g/mol. The van der Waals surface area contributed by atoms with E-state index in [1.165, 1.54) is 21.5 Å². The van der Waals surface area contributed by atoms with Crippen LogP contribution in [-0.2, 0) is 0 Å². The average Bonchev–Trinajstić information content (AvgIpc) is 3.37. The van der Waals surface area contributed by atoms with E-state index in [2.05, 4.69) is 60.7 Å². The largest absolute Gasteiger partial charge is 0.440 e. The van der Waals surface area contributed by atoms with Crippen LogP contribution >= 0.6 is 0 Å². The van der Waals surface area contributed by atoms with Crippen molar-refractivity contribution in [2.45, 2.75) is 0 Å². The predicted molar refractivity (Wildman–Crippen MR) is 127 cm³/mol. The standard InChI is InChI=1S/C26H22N2O2/c1-27(2)23-13-15-5-7-19-17-10-12-22-20(18(17)9-11-21(19)25(15)29-23)8-6-16-14-24(28(3)4)30-26(16)22/h5-14H,1-4H3. The van der Waals surface area contributed by atoms with Crippen molar-refractivity contribution in [1.82, 2.24) is 0 Å². The van der Waals surface area contributed by atoms with Gasteiger partial charge < -0.3 is 18.6 Å². The molecule has 0 aliphatic carbocycles. The molecule has 0 N–H and O–H groups in total. The first-order valence-corrected chi connectivity index (χ1v) is 10.1. The van der Waals surface area contributed by atoms with E-state index in [0.717, 1.165) is 44.5 Å². The Morgan fingerprint density at radius 1 is 0.467 bits per heavy atom. The van der Waals surface area contributed by atoms with Crippen molar-refractivity contribution in [3.05, 3.63) is 60.7 Å². The van der Waals surface area contributed by atoms with E-state index in [4.69, 9.17) is 8.83 Å². The van der Waals surface area contributed by atoms with Crippen LogP contribution in [-0.4, -0.2) is 28.2 Å². The number of fused-ring (bicyclic) bond motifs is 9. The normalized spacial score (nSPS) is 12.0. The van der Waals surface area contributed by atoms with Gasteiger partial charge >= 0.3 is 0 Å². The highest BCUT2D eigenvalue weighted by Gasteiger charge is 2.14. The van der Waals surface area contributed by atoms with Crippen molar-refractivity contribution >= 4 is 66.0 Å². The Bertz CT molecular complexity index is 1480. The smallest absolute Gasteiger partial charge is 0.196 e. The molecule has 0 radical (unpaired) electrons. The van der Waals surface area contributed by atoms with E-state index in [1.807, 2.05) is 38.0 Å². The maximum absolute atomic E-state index is 6.17. The molecule has 6 aromatic rings. The van der Waals surface area contributed by atoms with Crippen molar-refractivity contribution in [3.8, 4) is 0 Å². The molecule has 30 heavy (non-hydrogen) atoms. The molecule has 0 amide bonds. The third-order valence-corrected chi connectivity index (χ3v) is 6.01. The topological polar surface area (TPSA) is 32.8 Å². The number of anilines is 2. The van der Waals surface area contributed by atoms with Crippen LogP contribution in [0.25, 0.3) is 54.3 Å². The Labute approximate surface area is 173 Å². The summed E-state index contributed by atoms with van der Waals surface area (Å²) < 4.78 is 12.3. The lowest BCUT2D eigenvalue weighted by atomic mass is 9.95. The molecule has 0 aliphatic rings. The van der Waals surface area contributed by atoms with E-state index in [1.54, 1.807) is 0 Å². The van der Waals surface area contributed by atoms with Gasteiger partial charge in [-0.15, -0.1) is 0 Å². The predicted octanol–water partition coefficient (Wildman–Crippen LogP) is 6.77. The zero-order chi connectivity index (χ0) is 20.6. The molecule has 148 valence electrons. The highest BCUT2D eigenvalue weighted by Crippen LogP contribution is 2.39. The lowest BCUT2D eigenvalue weighted by molar-refractivity contribution is 0.612. The molecule has 0 fully saturated rings. The first-order chi connectivity index (χ1) is 14.5. The SMILES string of the molecule is CN(C)c1cc2ccc3c4ccc5c(ccc6cc(N(C)C)oc65)c4ccc3c2o1. The van der Waals surface area contributed by atoms with Crippen molar-refractivity contribution in [3.63, 3.8) is 0 Å². The van der Waals surface area contributed by atoms with E-state index in [-0.39, 0.29) is 0 Å². The molecule has 2 aromatic heterocycles. The molecular formula is C26H22N2O2. The summed E-state index contributed by atoms with van der Waals surface area (Å²) in [6, 6.07) is 21.7. The maximum Gasteiger partial charge on any atom is 0.196 e. The fourth-order valence-electron chi connectivity index (χ4n) is 4.45. The minimum absolute atomic E-state index is 0.869. The van der Waals surface area contributed by atoms with Gasteiger partial charge in [-0.2, -0.15) is 0 Å². The van der Waals surface area contributed by atoms with Crippen LogP contribution in [0, 0.1) is 0 Å². The zero-order valence-electron chi connectivity index (χ0n) is 17.5. The minimum atomic E-state index is 0.869. The van der Waals surface area contributed by atoms with Gasteiger partial charge in [0.05, 0.1) is 0 Å². The van der Waals surface area contributed by atoms with Crippen LogP contribution in [0.4, 0.5) is 11.8 Å². The minimum Gasteiger partial charge on any atom is -0.440 e. The van der Waals surface area contributed by atoms with Gasteiger partial charge in [-0.1, -0.05) is 36.4 Å². The van der Waals surface area contributed by atoms with Crippen molar-refractivity contribution in [1.29, 1.82) is 0 Å². The Kier molecular flexibility index (Phi) is 3.40. The fraction of sp³-hybridized carbons (Fsp3) is 0.154. The second-order valence-electron chi connectivity index (χ2n) is 8.34. The maximum atomic E-state index is 6.17. The van der Waals surface area contributed by atoms with Gasteiger partial charge in [0.2, 0.25) is 0 Å². The van der Waals surface area contributed by atoms with Crippen LogP contribution in [0.3, 0.4) is 0 Å². The van der Waals surface area contributed by atoms with Gasteiger partial charge in [-0.05, 0) is 33.7 Å². The molecule has 4 aromatic carbocycles. The summed E-state index contributed by atoms with van der Waals surface area (Å²) in [5.74, 6) is 1.74. The van der Waals surface area contributed by atoms with Crippen LogP contribution in [0.2, 0.25) is 0 Å². The molecular weight excluding hydrogens is 372 g/mol. The lowest BCUT2D eigenvalue weighted by Gasteiger charge is -2.09. The highest BCUT2D eigenvalue weighted by molar-refractivity contribution is 6.24. The Hall–Kier alpha value is -3.66. The number of nitrogens with zero attached hydrogens (tertiary/aromatic N) is 2. The van der Waals surface area contributed by atoms with E-state index >= 15 is 0 Å². The monoisotopic (exact) mass is 394 g/mol. The first-order valence-electron chi connectivity index (χ1n) is 10.1. The van der Waals surface area contributed by atoms with E-state index in [9.17, 15) is 0 Å². The molecule has 4 heteroatoms. The van der Waals surface area contributed by atoms with Gasteiger partial charge in [0.1, 0.15) is 11.2 Å². The second kappa shape index (κ2) is 5.92. The molecule has 0 aliphatic heterocycles. The molecule has 0 bridgehead atoms. The summed E-state index contributed by atoms with van der Waals surface area (Å²) in [6.07, 6.45) is 0. The van der Waals surface area contributed by atoms with E-state index < -0.39 is 0 Å². The zero-order valence-corrected chi connectivity index (χ0v) is 17.5. The summed E-state index contributed by atoms with van der Waals surface area (Å²) in [5, 5.41) is 9.39. The first kappa shape index (κ1) is 17.2. The van der Waals surface area contributed by atoms with Gasteiger partial charge in [-0.3, -0.25) is 0 Å². The molecule has 0 saturated carbocycles.